The van der Waals surface area contributed by atoms with E-state index in [2.05, 4.69) is 17.0 Å². The van der Waals surface area contributed by atoms with Crippen LogP contribution in [0.3, 0.4) is 0 Å². The molecule has 2 rings (SSSR count). The Labute approximate surface area is 174 Å². The number of nitrogens with zero attached hydrogens (tertiary/aromatic N) is 1. The molecule has 1 saturated heterocycles. The maximum atomic E-state index is 12.3. The van der Waals surface area contributed by atoms with Gasteiger partial charge in [-0.2, -0.15) is 0 Å². The van der Waals surface area contributed by atoms with Crippen molar-refractivity contribution in [2.45, 2.75) is 38.0 Å². The number of amides is 1. The lowest BCUT2D eigenvalue weighted by Gasteiger charge is -2.32. The van der Waals surface area contributed by atoms with E-state index in [0.717, 1.165) is 39.0 Å². The number of piperidine rings is 1. The van der Waals surface area contributed by atoms with Crippen LogP contribution in [-0.4, -0.2) is 58.6 Å². The van der Waals surface area contributed by atoms with Gasteiger partial charge < -0.3 is 15.0 Å². The smallest absolute Gasteiger partial charge is 0.240 e. The predicted molar refractivity (Wildman–Crippen MR) is 113 cm³/mol. The second-order valence-electron chi connectivity index (χ2n) is 6.68. The van der Waals surface area contributed by atoms with Crippen molar-refractivity contribution in [2.75, 3.05) is 39.3 Å². The van der Waals surface area contributed by atoms with Crippen LogP contribution in [0.2, 0.25) is 0 Å². The molecule has 1 aromatic rings. The highest BCUT2D eigenvalue weighted by atomic mass is 35.5. The van der Waals surface area contributed by atoms with E-state index in [1.165, 1.54) is 12.1 Å². The van der Waals surface area contributed by atoms with Gasteiger partial charge in [-0.15, -0.1) is 12.4 Å². The highest BCUT2D eigenvalue weighted by molar-refractivity contribution is 7.89. The molecule has 0 atom stereocenters. The molecule has 160 valence electrons. The van der Waals surface area contributed by atoms with Gasteiger partial charge in [-0.05, 0) is 63.0 Å². The molecule has 1 heterocycles. The summed E-state index contributed by atoms with van der Waals surface area (Å²) in [6.45, 7) is 8.06. The number of halogens is 1. The Morgan fingerprint density at radius 3 is 2.39 bits per heavy atom. The normalized spacial score (nSPS) is 15.1. The molecular formula is C19H32ClN3O4S. The van der Waals surface area contributed by atoms with E-state index in [4.69, 9.17) is 4.74 Å². The number of nitrogens with one attached hydrogen (secondary N) is 2. The Morgan fingerprint density at radius 1 is 1.18 bits per heavy atom. The number of hydrogen-bond donors (Lipinski definition) is 2. The van der Waals surface area contributed by atoms with Gasteiger partial charge in [-0.1, -0.05) is 6.92 Å². The van der Waals surface area contributed by atoms with Gasteiger partial charge in [-0.25, -0.2) is 13.1 Å². The Bertz CT molecular complexity index is 690. The quantitative estimate of drug-likeness (QED) is 0.589. The van der Waals surface area contributed by atoms with Crippen LogP contribution in [-0.2, 0) is 14.8 Å². The molecular weight excluding hydrogens is 402 g/mol. The lowest BCUT2D eigenvalue weighted by atomic mass is 9.96. The summed E-state index contributed by atoms with van der Waals surface area (Å²) in [6.07, 6.45) is 2.17. The minimum Gasteiger partial charge on any atom is -0.494 e. The SMILES string of the molecule is CCNCC1CCN(C(=O)CCNS(=O)(=O)c2ccc(OCC)cc2)CC1.Cl. The Hall–Kier alpha value is -1.35. The summed E-state index contributed by atoms with van der Waals surface area (Å²) in [5.41, 5.74) is 0. The average molecular weight is 434 g/mol. The zero-order chi connectivity index (χ0) is 19.7. The van der Waals surface area contributed by atoms with Crippen LogP contribution in [0.15, 0.2) is 29.2 Å². The topological polar surface area (TPSA) is 87.7 Å². The summed E-state index contributed by atoms with van der Waals surface area (Å²) >= 11 is 0. The van der Waals surface area contributed by atoms with Gasteiger partial charge in [0.25, 0.3) is 0 Å². The third kappa shape index (κ3) is 7.58. The van der Waals surface area contributed by atoms with Gasteiger partial charge in [-0.3, -0.25) is 4.79 Å². The summed E-state index contributed by atoms with van der Waals surface area (Å²) < 4.78 is 32.5. The minimum absolute atomic E-state index is 0. The number of rotatable bonds is 10. The zero-order valence-corrected chi connectivity index (χ0v) is 18.3. The lowest BCUT2D eigenvalue weighted by molar-refractivity contribution is -0.132. The molecule has 0 bridgehead atoms. The van der Waals surface area contributed by atoms with Crippen LogP contribution in [0.5, 0.6) is 5.75 Å². The molecule has 9 heteroatoms. The highest BCUT2D eigenvalue weighted by Crippen LogP contribution is 2.18. The van der Waals surface area contributed by atoms with Crippen molar-refractivity contribution < 1.29 is 17.9 Å². The van der Waals surface area contributed by atoms with E-state index in [9.17, 15) is 13.2 Å². The van der Waals surface area contributed by atoms with Crippen LogP contribution in [0.1, 0.15) is 33.1 Å². The summed E-state index contributed by atoms with van der Waals surface area (Å²) in [5, 5.41) is 3.35. The summed E-state index contributed by atoms with van der Waals surface area (Å²) in [7, 11) is -3.62. The molecule has 1 aliphatic rings. The van der Waals surface area contributed by atoms with Crippen LogP contribution in [0.4, 0.5) is 0 Å². The number of carbonyl (C=O) groups excluding carboxylic acids is 1. The second kappa shape index (κ2) is 12.3. The van der Waals surface area contributed by atoms with Crippen molar-refractivity contribution in [3.63, 3.8) is 0 Å². The monoisotopic (exact) mass is 433 g/mol. The number of benzene rings is 1. The van der Waals surface area contributed by atoms with Gasteiger partial charge in [0.2, 0.25) is 15.9 Å². The molecule has 7 nitrogen and oxygen atoms in total. The molecule has 0 aromatic heterocycles. The zero-order valence-electron chi connectivity index (χ0n) is 16.6. The van der Waals surface area contributed by atoms with Crippen molar-refractivity contribution >= 4 is 28.3 Å². The minimum atomic E-state index is -3.62. The summed E-state index contributed by atoms with van der Waals surface area (Å²) in [6, 6.07) is 6.26. The Kier molecular flexibility index (Phi) is 10.8. The van der Waals surface area contributed by atoms with E-state index < -0.39 is 10.0 Å². The highest BCUT2D eigenvalue weighted by Gasteiger charge is 2.22. The molecule has 0 saturated carbocycles. The molecule has 1 aliphatic heterocycles. The van der Waals surface area contributed by atoms with E-state index in [0.29, 0.717) is 18.3 Å². The van der Waals surface area contributed by atoms with Crippen LogP contribution in [0, 0.1) is 5.92 Å². The Morgan fingerprint density at radius 2 is 1.82 bits per heavy atom. The largest absolute Gasteiger partial charge is 0.494 e. The van der Waals surface area contributed by atoms with Gasteiger partial charge in [0.05, 0.1) is 11.5 Å². The van der Waals surface area contributed by atoms with Crippen LogP contribution in [0.25, 0.3) is 0 Å². The van der Waals surface area contributed by atoms with E-state index in [-0.39, 0.29) is 36.2 Å². The maximum Gasteiger partial charge on any atom is 0.240 e. The predicted octanol–water partition coefficient (Wildman–Crippen LogP) is 2.02. The number of sulfonamides is 1. The van der Waals surface area contributed by atoms with E-state index in [1.54, 1.807) is 12.1 Å². The molecule has 0 aliphatic carbocycles. The summed E-state index contributed by atoms with van der Waals surface area (Å²) in [4.78, 5) is 14.3. The number of hydrogen-bond acceptors (Lipinski definition) is 5. The van der Waals surface area contributed by atoms with Gasteiger partial charge in [0.15, 0.2) is 0 Å². The third-order valence-electron chi connectivity index (χ3n) is 4.73. The van der Waals surface area contributed by atoms with Crippen molar-refractivity contribution in [1.29, 1.82) is 0 Å². The van der Waals surface area contributed by atoms with Crippen molar-refractivity contribution in [3.8, 4) is 5.75 Å². The van der Waals surface area contributed by atoms with Crippen LogP contribution < -0.4 is 14.8 Å². The number of carbonyl (C=O) groups is 1. The van der Waals surface area contributed by atoms with Gasteiger partial charge >= 0.3 is 0 Å². The van der Waals surface area contributed by atoms with E-state index in [1.807, 2.05) is 11.8 Å². The standard InChI is InChI=1S/C19H31N3O4S.ClH/c1-3-20-15-16-10-13-22(14-11-16)19(23)9-12-21-27(24,25)18-7-5-17(6-8-18)26-4-2;/h5-8,16,20-21H,3-4,9-15H2,1-2H3;1H. The molecule has 1 amide bonds. The van der Waals surface area contributed by atoms with Crippen molar-refractivity contribution in [3.05, 3.63) is 24.3 Å². The average Bonchev–Trinajstić information content (AvgIpc) is 2.67. The molecule has 0 spiro atoms. The molecule has 1 fully saturated rings. The second-order valence-corrected chi connectivity index (χ2v) is 8.45. The number of ether oxygens (including phenoxy) is 1. The molecule has 2 N–H and O–H groups in total. The molecule has 0 radical (unpaired) electrons. The first-order valence-electron chi connectivity index (χ1n) is 9.67. The molecule has 28 heavy (non-hydrogen) atoms. The fraction of sp³-hybridized carbons (Fsp3) is 0.632. The van der Waals surface area contributed by atoms with Gasteiger partial charge in [0.1, 0.15) is 5.75 Å². The van der Waals surface area contributed by atoms with Crippen LogP contribution >= 0.6 is 12.4 Å². The molecule has 1 aromatic carbocycles. The first-order chi connectivity index (χ1) is 13.0. The van der Waals surface area contributed by atoms with Crippen molar-refractivity contribution in [2.24, 2.45) is 5.92 Å². The van der Waals surface area contributed by atoms with E-state index >= 15 is 0 Å². The first kappa shape index (κ1) is 24.7. The fourth-order valence-electron chi connectivity index (χ4n) is 3.15. The van der Waals surface area contributed by atoms with Gasteiger partial charge in [0, 0.05) is 26.1 Å². The number of likely N-dealkylation sites (tertiary alicyclic amines) is 1. The Balaban J connectivity index is 0.00000392. The lowest BCUT2D eigenvalue weighted by Crippen LogP contribution is -2.41. The third-order valence-corrected chi connectivity index (χ3v) is 6.20. The fourth-order valence-corrected chi connectivity index (χ4v) is 4.18. The summed E-state index contributed by atoms with van der Waals surface area (Å²) in [5.74, 6) is 1.25. The molecule has 0 unspecified atom stereocenters. The van der Waals surface area contributed by atoms with Crippen molar-refractivity contribution in [1.82, 2.24) is 14.9 Å². The first-order valence-corrected chi connectivity index (χ1v) is 11.2. The maximum absolute atomic E-state index is 12.3.